The Bertz CT molecular complexity index is 1190. The summed E-state index contributed by atoms with van der Waals surface area (Å²) in [5.74, 6) is -0.604. The molecule has 0 radical (unpaired) electrons. The Morgan fingerprint density at radius 1 is 1.10 bits per heavy atom. The Morgan fingerprint density at radius 3 is 2.68 bits per heavy atom. The quantitative estimate of drug-likeness (QED) is 0.580. The molecule has 0 aliphatic carbocycles. The zero-order valence-corrected chi connectivity index (χ0v) is 18.4. The summed E-state index contributed by atoms with van der Waals surface area (Å²) in [5.41, 5.74) is 2.73. The molecule has 2 aromatic carbocycles. The van der Waals surface area contributed by atoms with Crippen LogP contribution in [0.1, 0.15) is 31.8 Å². The highest BCUT2D eigenvalue weighted by molar-refractivity contribution is 7.88. The van der Waals surface area contributed by atoms with Gasteiger partial charge in [0.1, 0.15) is 16.2 Å². The van der Waals surface area contributed by atoms with E-state index < -0.39 is 16.2 Å². The fourth-order valence-corrected chi connectivity index (χ4v) is 4.79. The van der Waals surface area contributed by atoms with Crippen molar-refractivity contribution in [2.45, 2.75) is 18.2 Å². The molecule has 158 valence electrons. The number of Topliss-reactive ketones (excluding diaryl/α,β-unsaturated/α-hetero) is 1. The molecule has 2 heterocycles. The van der Waals surface area contributed by atoms with E-state index in [0.29, 0.717) is 33.4 Å². The molecule has 0 fully saturated rings. The first kappa shape index (κ1) is 21.5. The van der Waals surface area contributed by atoms with Gasteiger partial charge in [-0.1, -0.05) is 35.3 Å². The van der Waals surface area contributed by atoms with Crippen molar-refractivity contribution in [1.29, 1.82) is 0 Å². The summed E-state index contributed by atoms with van der Waals surface area (Å²) in [4.78, 5) is 29.7. The number of carbonyl (C=O) groups is 2. The van der Waals surface area contributed by atoms with E-state index in [1.807, 2.05) is 6.07 Å². The van der Waals surface area contributed by atoms with Gasteiger partial charge < -0.3 is 10.0 Å². The van der Waals surface area contributed by atoms with Crippen LogP contribution in [0.2, 0.25) is 10.0 Å². The van der Waals surface area contributed by atoms with Crippen LogP contribution in [0.5, 0.6) is 0 Å². The Hall–Kier alpha value is -2.74. The first-order valence-electron chi connectivity index (χ1n) is 9.39. The minimum absolute atomic E-state index is 0.228. The number of aromatic nitrogens is 1. The summed E-state index contributed by atoms with van der Waals surface area (Å²) < 4.78 is 15.5. The lowest BCUT2D eigenvalue weighted by atomic mass is 9.98. The molecule has 0 saturated carbocycles. The van der Waals surface area contributed by atoms with Crippen LogP contribution in [-0.4, -0.2) is 26.1 Å². The number of pyridine rings is 1. The van der Waals surface area contributed by atoms with Crippen molar-refractivity contribution in [1.82, 2.24) is 10.3 Å². The second kappa shape index (κ2) is 9.18. The van der Waals surface area contributed by atoms with E-state index >= 15 is 0 Å². The van der Waals surface area contributed by atoms with E-state index in [2.05, 4.69) is 15.0 Å². The lowest BCUT2D eigenvalue weighted by molar-refractivity contribution is 0.0951. The van der Waals surface area contributed by atoms with Crippen LogP contribution < -0.4 is 10.0 Å². The summed E-state index contributed by atoms with van der Waals surface area (Å²) in [6.45, 7) is 0.319. The Labute approximate surface area is 191 Å². The zero-order chi connectivity index (χ0) is 22.0. The fourth-order valence-electron chi connectivity index (χ4n) is 3.26. The van der Waals surface area contributed by atoms with Crippen molar-refractivity contribution in [3.63, 3.8) is 0 Å². The average Bonchev–Trinajstić information content (AvgIpc) is 2.78. The summed E-state index contributed by atoms with van der Waals surface area (Å²) in [7, 11) is -1.61. The number of rotatable bonds is 5. The highest BCUT2D eigenvalue weighted by Crippen LogP contribution is 2.29. The maximum Gasteiger partial charge on any atom is 0.251 e. The molecule has 1 aliphatic rings. The Morgan fingerprint density at radius 2 is 1.94 bits per heavy atom. The topological polar surface area (TPSA) is 88.2 Å². The molecule has 1 amide bonds. The number of amides is 1. The molecule has 3 aromatic rings. The van der Waals surface area contributed by atoms with Crippen LogP contribution in [0.3, 0.4) is 0 Å². The van der Waals surface area contributed by atoms with Crippen molar-refractivity contribution >= 4 is 51.6 Å². The third-order valence-corrected chi connectivity index (χ3v) is 6.95. The molecule has 9 heteroatoms. The summed E-state index contributed by atoms with van der Waals surface area (Å²) >= 11 is 12.0. The standard InChI is InChI=1S/C22H17Cl2N3O3S/c23-17-5-3-13(8-18(17)24)9-20-21(28)16-10-15(4-6-19(16)27-31(20)30)22(29)26-12-14-2-1-7-25-11-14/h1-8,10-11,20,27H,9,12H2,(H,26,29). The van der Waals surface area contributed by atoms with Gasteiger partial charge in [0, 0.05) is 30.1 Å². The van der Waals surface area contributed by atoms with E-state index in [1.54, 1.807) is 48.8 Å². The van der Waals surface area contributed by atoms with Crippen molar-refractivity contribution in [3.8, 4) is 0 Å². The highest BCUT2D eigenvalue weighted by atomic mass is 35.5. The first-order valence-corrected chi connectivity index (χ1v) is 11.4. The lowest BCUT2D eigenvalue weighted by Gasteiger charge is -2.24. The van der Waals surface area contributed by atoms with Gasteiger partial charge in [0.05, 0.1) is 15.7 Å². The number of nitrogens with zero attached hydrogens (tertiary/aromatic N) is 1. The number of benzene rings is 2. The van der Waals surface area contributed by atoms with Gasteiger partial charge in [0.15, 0.2) is 5.78 Å². The molecule has 0 spiro atoms. The predicted molar refractivity (Wildman–Crippen MR) is 122 cm³/mol. The molecule has 0 bridgehead atoms. The number of nitrogens with one attached hydrogen (secondary N) is 2. The van der Waals surface area contributed by atoms with Crippen molar-refractivity contribution in [2.75, 3.05) is 4.72 Å². The van der Waals surface area contributed by atoms with Gasteiger partial charge in [0.2, 0.25) is 0 Å². The molecule has 4 rings (SSSR count). The molecular weight excluding hydrogens is 457 g/mol. The monoisotopic (exact) mass is 473 g/mol. The zero-order valence-electron chi connectivity index (χ0n) is 16.1. The van der Waals surface area contributed by atoms with Crippen molar-refractivity contribution < 1.29 is 13.8 Å². The largest absolute Gasteiger partial charge is 0.348 e. The molecule has 2 atom stereocenters. The molecule has 6 nitrogen and oxygen atoms in total. The number of anilines is 1. The second-order valence-electron chi connectivity index (χ2n) is 7.01. The summed E-state index contributed by atoms with van der Waals surface area (Å²) in [6, 6.07) is 13.4. The lowest BCUT2D eigenvalue weighted by Crippen LogP contribution is -2.37. The van der Waals surface area contributed by atoms with Gasteiger partial charge in [-0.3, -0.25) is 14.6 Å². The van der Waals surface area contributed by atoms with Gasteiger partial charge >= 0.3 is 0 Å². The van der Waals surface area contributed by atoms with E-state index in [1.165, 1.54) is 6.07 Å². The van der Waals surface area contributed by atoms with Gasteiger partial charge in [-0.05, 0) is 53.9 Å². The van der Waals surface area contributed by atoms with Crippen LogP contribution >= 0.6 is 23.2 Å². The molecule has 2 N–H and O–H groups in total. The van der Waals surface area contributed by atoms with Gasteiger partial charge in [0.25, 0.3) is 5.91 Å². The van der Waals surface area contributed by atoms with Crippen LogP contribution in [0, 0.1) is 0 Å². The van der Waals surface area contributed by atoms with Gasteiger partial charge in [-0.2, -0.15) is 0 Å². The Balaban J connectivity index is 1.53. The summed E-state index contributed by atoms with van der Waals surface area (Å²) in [5, 5.41) is 2.78. The van der Waals surface area contributed by atoms with Crippen LogP contribution in [0.15, 0.2) is 60.9 Å². The molecule has 2 unspecified atom stereocenters. The maximum atomic E-state index is 13.1. The molecule has 31 heavy (non-hydrogen) atoms. The highest BCUT2D eigenvalue weighted by Gasteiger charge is 2.34. The third kappa shape index (κ3) is 4.79. The number of hydrogen-bond acceptors (Lipinski definition) is 4. The normalized spacial score (nSPS) is 17.5. The van der Waals surface area contributed by atoms with Crippen molar-refractivity contribution in [3.05, 3.63) is 93.2 Å². The first-order chi connectivity index (χ1) is 14.9. The number of ketones is 1. The smallest absolute Gasteiger partial charge is 0.251 e. The number of halogens is 2. The minimum atomic E-state index is -1.61. The SMILES string of the molecule is O=C(NCc1cccnc1)c1ccc2c(c1)C(=O)C(Cc1ccc(Cl)c(Cl)c1)S(=O)N2. The third-order valence-electron chi connectivity index (χ3n) is 4.89. The molecule has 1 aromatic heterocycles. The second-order valence-corrected chi connectivity index (χ2v) is 9.19. The van der Waals surface area contributed by atoms with Crippen LogP contribution in [-0.2, 0) is 24.0 Å². The van der Waals surface area contributed by atoms with Crippen LogP contribution in [0.25, 0.3) is 0 Å². The Kier molecular flexibility index (Phi) is 6.36. The average molecular weight is 474 g/mol. The fraction of sp³-hybridized carbons (Fsp3) is 0.136. The number of fused-ring (bicyclic) bond motifs is 1. The number of carbonyl (C=O) groups excluding carboxylic acids is 2. The van der Waals surface area contributed by atoms with E-state index in [0.717, 1.165) is 11.1 Å². The van der Waals surface area contributed by atoms with E-state index in [9.17, 15) is 13.8 Å². The van der Waals surface area contributed by atoms with Gasteiger partial charge in [-0.25, -0.2) is 4.21 Å². The number of hydrogen-bond donors (Lipinski definition) is 2. The van der Waals surface area contributed by atoms with Gasteiger partial charge in [-0.15, -0.1) is 0 Å². The molecule has 0 saturated heterocycles. The predicted octanol–water partition coefficient (Wildman–Crippen LogP) is 4.20. The molecule has 1 aliphatic heterocycles. The van der Waals surface area contributed by atoms with Crippen molar-refractivity contribution in [2.24, 2.45) is 0 Å². The summed E-state index contributed by atoms with van der Waals surface area (Å²) in [6.07, 6.45) is 3.56. The van der Waals surface area contributed by atoms with E-state index in [-0.39, 0.29) is 18.1 Å². The van der Waals surface area contributed by atoms with E-state index in [4.69, 9.17) is 23.2 Å². The van der Waals surface area contributed by atoms with Crippen LogP contribution in [0.4, 0.5) is 5.69 Å². The minimum Gasteiger partial charge on any atom is -0.348 e. The molecular formula is C22H17Cl2N3O3S. The maximum absolute atomic E-state index is 13.1.